The van der Waals surface area contributed by atoms with Crippen molar-refractivity contribution in [3.05, 3.63) is 108 Å². The van der Waals surface area contributed by atoms with Crippen LogP contribution < -0.4 is 5.32 Å². The Morgan fingerprint density at radius 2 is 1.30 bits per heavy atom. The number of hydrogen-bond acceptors (Lipinski definition) is 2. The number of hydrogen-bond donors (Lipinski definition) is 1. The van der Waals surface area contributed by atoms with Crippen molar-refractivity contribution in [1.82, 2.24) is 10.2 Å². The van der Waals surface area contributed by atoms with Gasteiger partial charge in [0.25, 0.3) is 0 Å². The van der Waals surface area contributed by atoms with Gasteiger partial charge in [0, 0.05) is 18.6 Å². The first-order valence-electron chi connectivity index (χ1n) is 12.3. The van der Waals surface area contributed by atoms with Crippen molar-refractivity contribution in [3.8, 4) is 0 Å². The molecule has 2 aliphatic rings. The average Bonchev–Trinajstić information content (AvgIpc) is 3.07. The van der Waals surface area contributed by atoms with E-state index < -0.39 is 5.41 Å². The molecule has 1 N–H and O–H groups in total. The molecule has 3 nitrogen and oxygen atoms in total. The predicted molar refractivity (Wildman–Crippen MR) is 134 cm³/mol. The second-order valence-electron chi connectivity index (χ2n) is 9.90. The van der Waals surface area contributed by atoms with Gasteiger partial charge in [-0.15, -0.1) is 0 Å². The van der Waals surface area contributed by atoms with Crippen LogP contribution in [0.1, 0.15) is 48.8 Å². The lowest BCUT2D eigenvalue weighted by atomic mass is 9.66. The summed E-state index contributed by atoms with van der Waals surface area (Å²) >= 11 is 0. The Balaban J connectivity index is 1.53. The SMILES string of the molecule is CN1[C@@H]2CC[C@H]1C[C@@H](CC(C(=O)NCc1ccccc1)(c1ccccc1)c1ccccc1)C2. The van der Waals surface area contributed by atoms with Crippen LogP contribution in [-0.4, -0.2) is 29.9 Å². The fourth-order valence-electron chi connectivity index (χ4n) is 6.26. The molecule has 2 aliphatic heterocycles. The molecule has 0 aromatic heterocycles. The standard InChI is InChI=1S/C30H34N2O/c1-32-27-17-18-28(32)20-24(19-27)21-30(25-13-7-3-8-14-25,26-15-9-4-10-16-26)29(33)31-22-23-11-5-2-6-12-23/h2-16,24,27-28H,17-22H2,1H3,(H,31,33)/t24-,27+,28-. The third-order valence-electron chi connectivity index (χ3n) is 8.01. The minimum Gasteiger partial charge on any atom is -0.351 e. The van der Waals surface area contributed by atoms with Crippen LogP contribution in [-0.2, 0) is 16.8 Å². The molecule has 3 atom stereocenters. The maximum absolute atomic E-state index is 14.2. The van der Waals surface area contributed by atoms with Crippen LogP contribution >= 0.6 is 0 Å². The van der Waals surface area contributed by atoms with Gasteiger partial charge in [0.2, 0.25) is 5.91 Å². The summed E-state index contributed by atoms with van der Waals surface area (Å²) in [4.78, 5) is 16.8. The van der Waals surface area contributed by atoms with E-state index in [1.165, 1.54) is 25.7 Å². The lowest BCUT2D eigenvalue weighted by Gasteiger charge is -2.42. The highest BCUT2D eigenvalue weighted by atomic mass is 16.2. The number of nitrogens with one attached hydrogen (secondary N) is 1. The highest BCUT2D eigenvalue weighted by Crippen LogP contribution is 2.46. The summed E-state index contributed by atoms with van der Waals surface area (Å²) in [6.45, 7) is 0.541. The summed E-state index contributed by atoms with van der Waals surface area (Å²) in [6.07, 6.45) is 5.80. The van der Waals surface area contributed by atoms with Crippen molar-refractivity contribution in [2.75, 3.05) is 7.05 Å². The zero-order valence-electron chi connectivity index (χ0n) is 19.5. The molecule has 0 spiro atoms. The minimum atomic E-state index is -0.697. The molecule has 33 heavy (non-hydrogen) atoms. The van der Waals surface area contributed by atoms with Crippen molar-refractivity contribution in [1.29, 1.82) is 0 Å². The van der Waals surface area contributed by atoms with Crippen molar-refractivity contribution in [2.45, 2.75) is 56.1 Å². The molecule has 1 amide bonds. The van der Waals surface area contributed by atoms with Crippen molar-refractivity contribution in [3.63, 3.8) is 0 Å². The molecule has 2 saturated heterocycles. The maximum Gasteiger partial charge on any atom is 0.235 e. The monoisotopic (exact) mass is 438 g/mol. The van der Waals surface area contributed by atoms with Gasteiger partial charge in [0.05, 0.1) is 5.41 Å². The second kappa shape index (κ2) is 9.52. The van der Waals surface area contributed by atoms with Gasteiger partial charge < -0.3 is 10.2 Å². The molecule has 3 aromatic carbocycles. The maximum atomic E-state index is 14.2. The van der Waals surface area contributed by atoms with E-state index in [0.717, 1.165) is 23.1 Å². The first kappa shape index (κ1) is 21.9. The second-order valence-corrected chi connectivity index (χ2v) is 9.90. The first-order valence-corrected chi connectivity index (χ1v) is 12.3. The van der Waals surface area contributed by atoms with Crippen LogP contribution in [0.15, 0.2) is 91.0 Å². The molecule has 0 aliphatic carbocycles. The van der Waals surface area contributed by atoms with Crippen LogP contribution in [0.5, 0.6) is 0 Å². The number of benzene rings is 3. The van der Waals surface area contributed by atoms with Crippen LogP contribution in [0.2, 0.25) is 0 Å². The largest absolute Gasteiger partial charge is 0.351 e. The lowest BCUT2D eigenvalue weighted by molar-refractivity contribution is -0.126. The summed E-state index contributed by atoms with van der Waals surface area (Å²) in [5, 5.41) is 3.32. The molecule has 0 unspecified atom stereocenters. The first-order chi connectivity index (χ1) is 16.2. The number of fused-ring (bicyclic) bond motifs is 2. The Morgan fingerprint density at radius 1 is 0.818 bits per heavy atom. The summed E-state index contributed by atoms with van der Waals surface area (Å²) in [6, 6.07) is 32.4. The van der Waals surface area contributed by atoms with E-state index in [2.05, 4.69) is 77.9 Å². The Morgan fingerprint density at radius 3 is 1.82 bits per heavy atom. The molecule has 2 fully saturated rings. The Hall–Kier alpha value is -2.91. The zero-order valence-corrected chi connectivity index (χ0v) is 19.5. The highest BCUT2D eigenvalue weighted by Gasteiger charge is 2.47. The highest BCUT2D eigenvalue weighted by molar-refractivity contribution is 5.92. The molecule has 2 bridgehead atoms. The van der Waals surface area contributed by atoms with Crippen molar-refractivity contribution < 1.29 is 4.79 Å². The third kappa shape index (κ3) is 4.35. The molecule has 0 saturated carbocycles. The predicted octanol–water partition coefficient (Wildman–Crippen LogP) is 5.55. The number of carbonyl (C=O) groups excluding carboxylic acids is 1. The molecule has 2 heterocycles. The molecule has 3 aromatic rings. The van der Waals surface area contributed by atoms with Gasteiger partial charge in [-0.1, -0.05) is 91.0 Å². The van der Waals surface area contributed by atoms with Gasteiger partial charge in [-0.25, -0.2) is 0 Å². The van der Waals surface area contributed by atoms with Gasteiger partial charge in [0.15, 0.2) is 0 Å². The molecule has 5 rings (SSSR count). The topological polar surface area (TPSA) is 32.3 Å². The molecular formula is C30H34N2O. The fourth-order valence-corrected chi connectivity index (χ4v) is 6.26. The summed E-state index contributed by atoms with van der Waals surface area (Å²) in [5.74, 6) is 0.636. The van der Waals surface area contributed by atoms with Crippen molar-refractivity contribution in [2.24, 2.45) is 5.92 Å². The van der Waals surface area contributed by atoms with Crippen molar-refractivity contribution >= 4 is 5.91 Å². The van der Waals surface area contributed by atoms with Gasteiger partial charge in [-0.05, 0) is 61.8 Å². The number of piperidine rings is 1. The molecule has 0 radical (unpaired) electrons. The van der Waals surface area contributed by atoms with E-state index in [0.29, 0.717) is 24.5 Å². The van der Waals surface area contributed by atoms with Crippen LogP contribution in [0.25, 0.3) is 0 Å². The van der Waals surface area contributed by atoms with E-state index in [1.54, 1.807) is 0 Å². The normalized spacial score (nSPS) is 22.8. The van der Waals surface area contributed by atoms with Gasteiger partial charge in [0.1, 0.15) is 0 Å². The van der Waals surface area contributed by atoms with E-state index in [1.807, 2.05) is 30.3 Å². The van der Waals surface area contributed by atoms with Crippen LogP contribution in [0.4, 0.5) is 0 Å². The number of rotatable bonds is 7. The van der Waals surface area contributed by atoms with Gasteiger partial charge >= 0.3 is 0 Å². The summed E-state index contributed by atoms with van der Waals surface area (Å²) < 4.78 is 0. The fraction of sp³-hybridized carbons (Fsp3) is 0.367. The number of amides is 1. The van der Waals surface area contributed by atoms with Crippen LogP contribution in [0.3, 0.4) is 0 Å². The Bertz CT molecular complexity index is 997. The molecule has 3 heteroatoms. The van der Waals surface area contributed by atoms with Crippen LogP contribution in [0, 0.1) is 5.92 Å². The zero-order chi connectivity index (χ0) is 22.7. The Kier molecular flexibility index (Phi) is 6.32. The smallest absolute Gasteiger partial charge is 0.235 e. The lowest BCUT2D eigenvalue weighted by Crippen LogP contribution is -2.48. The van der Waals surface area contributed by atoms with E-state index in [-0.39, 0.29) is 5.91 Å². The summed E-state index contributed by atoms with van der Waals surface area (Å²) in [7, 11) is 2.28. The minimum absolute atomic E-state index is 0.107. The molecular weight excluding hydrogens is 404 g/mol. The number of nitrogens with zero attached hydrogens (tertiary/aromatic N) is 1. The quantitative estimate of drug-likeness (QED) is 0.524. The van der Waals surface area contributed by atoms with Gasteiger partial charge in [-0.3, -0.25) is 4.79 Å². The van der Waals surface area contributed by atoms with E-state index in [9.17, 15) is 4.79 Å². The summed E-state index contributed by atoms with van der Waals surface area (Å²) in [5.41, 5.74) is 2.61. The average molecular weight is 439 g/mol. The van der Waals surface area contributed by atoms with Gasteiger partial charge in [-0.2, -0.15) is 0 Å². The van der Waals surface area contributed by atoms with E-state index >= 15 is 0 Å². The molecule has 170 valence electrons. The third-order valence-corrected chi connectivity index (χ3v) is 8.01. The number of carbonyl (C=O) groups is 1. The van der Waals surface area contributed by atoms with E-state index in [4.69, 9.17) is 0 Å². The Labute approximate surface area is 197 Å².